The molecule has 0 fully saturated rings. The molecule has 40 heavy (non-hydrogen) atoms. The van der Waals surface area contributed by atoms with Gasteiger partial charge >= 0.3 is 0 Å². The molecule has 0 amide bonds. The van der Waals surface area contributed by atoms with Crippen LogP contribution in [0.1, 0.15) is 16.8 Å². The van der Waals surface area contributed by atoms with E-state index in [1.807, 2.05) is 54.6 Å². The van der Waals surface area contributed by atoms with Gasteiger partial charge in [0.1, 0.15) is 5.75 Å². The summed E-state index contributed by atoms with van der Waals surface area (Å²) in [6.45, 7) is 0.531. The van der Waals surface area contributed by atoms with Gasteiger partial charge in [0.05, 0.1) is 23.4 Å². The zero-order valence-electron chi connectivity index (χ0n) is 22.0. The third kappa shape index (κ3) is 5.71. The minimum absolute atomic E-state index is 0.208. The van der Waals surface area contributed by atoms with Crippen LogP contribution in [-0.4, -0.2) is 10.1 Å². The van der Waals surface area contributed by atoms with E-state index >= 15 is 0 Å². The maximum absolute atomic E-state index is 10.6. The number of anilines is 4. The molecule has 0 bridgehead atoms. The van der Waals surface area contributed by atoms with E-state index in [1.165, 1.54) is 0 Å². The standard InChI is InChI=1S/C36H29N3O/c40-36-25-28(19-24-35(36)37-26-30-21-20-29-9-7-8-14-34(29)38-30)16-15-27-17-22-33(23-18-27)39(31-10-3-1-4-11-31)32-12-5-2-6-13-32/h1-25,37,40H,26H2/b16-15+. The number of hydrogen-bond acceptors (Lipinski definition) is 4. The number of aromatic nitrogens is 1. The van der Waals surface area contributed by atoms with Crippen molar-refractivity contribution in [2.24, 2.45) is 0 Å². The Balaban J connectivity index is 1.14. The number of fused-ring (bicyclic) bond motifs is 1. The first-order valence-electron chi connectivity index (χ1n) is 13.3. The Hall–Kier alpha value is -5.35. The van der Waals surface area contributed by atoms with Crippen molar-refractivity contribution in [3.63, 3.8) is 0 Å². The van der Waals surface area contributed by atoms with E-state index in [0.717, 1.165) is 44.8 Å². The molecule has 0 aliphatic rings. The Morgan fingerprint density at radius 2 is 1.20 bits per heavy atom. The molecule has 2 N–H and O–H groups in total. The van der Waals surface area contributed by atoms with Crippen molar-refractivity contribution < 1.29 is 5.11 Å². The number of rotatable bonds is 8. The quantitative estimate of drug-likeness (QED) is 0.155. The summed E-state index contributed by atoms with van der Waals surface area (Å²) in [7, 11) is 0. The minimum Gasteiger partial charge on any atom is -0.506 e. The Labute approximate surface area is 234 Å². The highest BCUT2D eigenvalue weighted by Gasteiger charge is 2.11. The lowest BCUT2D eigenvalue weighted by atomic mass is 10.1. The number of phenols is 1. The van der Waals surface area contributed by atoms with E-state index in [0.29, 0.717) is 12.2 Å². The maximum Gasteiger partial charge on any atom is 0.139 e. The SMILES string of the molecule is Oc1cc(/C=C/c2ccc(N(c3ccccc3)c3ccccc3)cc2)ccc1NCc1ccc2ccccc2n1. The van der Waals surface area contributed by atoms with Crippen LogP contribution in [0, 0.1) is 0 Å². The lowest BCUT2D eigenvalue weighted by Gasteiger charge is -2.25. The van der Waals surface area contributed by atoms with Crippen LogP contribution < -0.4 is 10.2 Å². The molecule has 0 unspecified atom stereocenters. The number of pyridine rings is 1. The molecule has 0 saturated heterocycles. The maximum atomic E-state index is 10.6. The molecule has 0 atom stereocenters. The first-order valence-corrected chi connectivity index (χ1v) is 13.3. The van der Waals surface area contributed by atoms with Crippen molar-refractivity contribution in [1.82, 2.24) is 4.98 Å². The highest BCUT2D eigenvalue weighted by molar-refractivity contribution is 5.79. The molecule has 0 aliphatic heterocycles. The normalized spacial score (nSPS) is 11.1. The second kappa shape index (κ2) is 11.6. The van der Waals surface area contributed by atoms with Crippen LogP contribution in [0.4, 0.5) is 22.7 Å². The summed E-state index contributed by atoms with van der Waals surface area (Å²) < 4.78 is 0. The summed E-state index contributed by atoms with van der Waals surface area (Å²) in [5.41, 5.74) is 7.87. The van der Waals surface area contributed by atoms with E-state index in [1.54, 1.807) is 6.07 Å². The van der Waals surface area contributed by atoms with Gasteiger partial charge in [0, 0.05) is 22.4 Å². The molecular weight excluding hydrogens is 490 g/mol. The summed E-state index contributed by atoms with van der Waals surface area (Å²) >= 11 is 0. The van der Waals surface area contributed by atoms with Crippen molar-refractivity contribution in [3.8, 4) is 5.75 Å². The third-order valence-corrected chi connectivity index (χ3v) is 6.79. The summed E-state index contributed by atoms with van der Waals surface area (Å²) in [5, 5.41) is 15.0. The molecular formula is C36H29N3O. The predicted molar refractivity (Wildman–Crippen MR) is 167 cm³/mol. The molecule has 1 heterocycles. The van der Waals surface area contributed by atoms with Gasteiger partial charge in [0.2, 0.25) is 0 Å². The fourth-order valence-corrected chi connectivity index (χ4v) is 4.72. The first-order chi connectivity index (χ1) is 19.7. The van der Waals surface area contributed by atoms with Crippen molar-refractivity contribution in [1.29, 1.82) is 0 Å². The number of para-hydroxylation sites is 3. The smallest absolute Gasteiger partial charge is 0.139 e. The number of benzene rings is 5. The van der Waals surface area contributed by atoms with Crippen LogP contribution >= 0.6 is 0 Å². The van der Waals surface area contributed by atoms with Gasteiger partial charge in [-0.1, -0.05) is 91.0 Å². The van der Waals surface area contributed by atoms with Crippen molar-refractivity contribution in [2.45, 2.75) is 6.54 Å². The second-order valence-electron chi connectivity index (χ2n) is 9.56. The average Bonchev–Trinajstić information content (AvgIpc) is 3.01. The van der Waals surface area contributed by atoms with Crippen LogP contribution in [0.5, 0.6) is 5.75 Å². The molecule has 0 spiro atoms. The number of phenolic OH excluding ortho intramolecular Hbond substituents is 1. The molecule has 6 rings (SSSR count). The van der Waals surface area contributed by atoms with Crippen molar-refractivity contribution in [3.05, 3.63) is 156 Å². The number of nitrogens with one attached hydrogen (secondary N) is 1. The van der Waals surface area contributed by atoms with Crippen LogP contribution in [-0.2, 0) is 6.54 Å². The summed E-state index contributed by atoms with van der Waals surface area (Å²) in [5.74, 6) is 0.208. The van der Waals surface area contributed by atoms with E-state index < -0.39 is 0 Å². The minimum atomic E-state index is 0.208. The van der Waals surface area contributed by atoms with E-state index in [2.05, 4.69) is 101 Å². The monoisotopic (exact) mass is 519 g/mol. The molecule has 4 heteroatoms. The van der Waals surface area contributed by atoms with E-state index in [4.69, 9.17) is 4.98 Å². The third-order valence-electron chi connectivity index (χ3n) is 6.79. The fourth-order valence-electron chi connectivity index (χ4n) is 4.72. The zero-order chi connectivity index (χ0) is 27.1. The number of hydrogen-bond donors (Lipinski definition) is 2. The van der Waals surface area contributed by atoms with Crippen LogP contribution in [0.25, 0.3) is 23.1 Å². The fraction of sp³-hybridized carbons (Fsp3) is 0.0278. The van der Waals surface area contributed by atoms with E-state index in [9.17, 15) is 5.11 Å². The molecule has 0 aliphatic carbocycles. The zero-order valence-corrected chi connectivity index (χ0v) is 22.0. The Bertz CT molecular complexity index is 1710. The van der Waals surface area contributed by atoms with Gasteiger partial charge in [0.15, 0.2) is 0 Å². The molecule has 194 valence electrons. The molecule has 6 aromatic rings. The highest BCUT2D eigenvalue weighted by atomic mass is 16.3. The highest BCUT2D eigenvalue weighted by Crippen LogP contribution is 2.34. The summed E-state index contributed by atoms with van der Waals surface area (Å²) in [6, 6.07) is 47.0. The van der Waals surface area contributed by atoms with Crippen LogP contribution in [0.15, 0.2) is 140 Å². The van der Waals surface area contributed by atoms with Gasteiger partial charge in [-0.15, -0.1) is 0 Å². The Morgan fingerprint density at radius 3 is 1.90 bits per heavy atom. The molecule has 0 radical (unpaired) electrons. The number of aromatic hydroxyl groups is 1. The topological polar surface area (TPSA) is 48.4 Å². The molecule has 0 saturated carbocycles. The molecule has 1 aromatic heterocycles. The largest absolute Gasteiger partial charge is 0.506 e. The van der Waals surface area contributed by atoms with Gasteiger partial charge in [-0.25, -0.2) is 0 Å². The Kier molecular flexibility index (Phi) is 7.23. The van der Waals surface area contributed by atoms with Gasteiger partial charge < -0.3 is 15.3 Å². The van der Waals surface area contributed by atoms with Crippen molar-refractivity contribution in [2.75, 3.05) is 10.2 Å². The van der Waals surface area contributed by atoms with Gasteiger partial charge in [-0.05, 0) is 71.8 Å². The molecule has 4 nitrogen and oxygen atoms in total. The van der Waals surface area contributed by atoms with Gasteiger partial charge in [-0.2, -0.15) is 0 Å². The van der Waals surface area contributed by atoms with Gasteiger partial charge in [-0.3, -0.25) is 4.98 Å². The van der Waals surface area contributed by atoms with Crippen LogP contribution in [0.3, 0.4) is 0 Å². The van der Waals surface area contributed by atoms with E-state index in [-0.39, 0.29) is 5.75 Å². The van der Waals surface area contributed by atoms with Crippen molar-refractivity contribution >= 4 is 45.8 Å². The summed E-state index contributed by atoms with van der Waals surface area (Å²) in [6.07, 6.45) is 4.07. The number of nitrogens with zero attached hydrogens (tertiary/aromatic N) is 2. The summed E-state index contributed by atoms with van der Waals surface area (Å²) in [4.78, 5) is 6.93. The predicted octanol–water partition coefficient (Wildman–Crippen LogP) is 9.19. The van der Waals surface area contributed by atoms with Gasteiger partial charge in [0.25, 0.3) is 0 Å². The lowest BCUT2D eigenvalue weighted by Crippen LogP contribution is -2.09. The second-order valence-corrected chi connectivity index (χ2v) is 9.56. The average molecular weight is 520 g/mol. The Morgan fingerprint density at radius 1 is 0.600 bits per heavy atom. The first kappa shape index (κ1) is 25.0. The lowest BCUT2D eigenvalue weighted by molar-refractivity contribution is 0.477. The molecule has 5 aromatic carbocycles. The van der Waals surface area contributed by atoms with Crippen LogP contribution in [0.2, 0.25) is 0 Å².